The highest BCUT2D eigenvalue weighted by molar-refractivity contribution is 8.22. The van der Waals surface area contributed by atoms with E-state index in [2.05, 4.69) is 41.3 Å². The lowest BCUT2D eigenvalue weighted by molar-refractivity contribution is -0.137. The minimum absolute atomic E-state index is 0.0676. The maximum Gasteiger partial charge on any atom is 0.305 e. The molecule has 1 aliphatic carbocycles. The number of rotatable bonds is 6. The van der Waals surface area contributed by atoms with Crippen LogP contribution in [0.25, 0.3) is 6.08 Å². The normalized spacial score (nSPS) is 19.1. The van der Waals surface area contributed by atoms with E-state index in [1.807, 2.05) is 12.1 Å². The number of carboxylic acid groups (broad SMARTS) is 1. The van der Waals surface area contributed by atoms with E-state index < -0.39 is 5.97 Å². The van der Waals surface area contributed by atoms with Crippen LogP contribution in [-0.2, 0) is 9.59 Å². The molecule has 1 aliphatic heterocycles. The molecule has 32 heavy (non-hydrogen) atoms. The number of anilines is 2. The predicted molar refractivity (Wildman–Crippen MR) is 135 cm³/mol. The molecule has 5 nitrogen and oxygen atoms in total. The van der Waals surface area contributed by atoms with Crippen LogP contribution in [0.4, 0.5) is 11.4 Å². The van der Waals surface area contributed by atoms with Crippen molar-refractivity contribution in [3.8, 4) is 0 Å². The summed E-state index contributed by atoms with van der Waals surface area (Å²) in [4.78, 5) is 27.5. The summed E-state index contributed by atoms with van der Waals surface area (Å²) in [5.41, 5.74) is 4.78. The van der Waals surface area contributed by atoms with Gasteiger partial charge >= 0.3 is 5.97 Å². The number of aliphatic carboxylic acids is 1. The first-order valence-corrected chi connectivity index (χ1v) is 12.4. The van der Waals surface area contributed by atoms with Gasteiger partial charge in [0.05, 0.1) is 6.42 Å². The molecular weight excluding hydrogens is 440 g/mol. The Morgan fingerprint density at radius 2 is 2.00 bits per heavy atom. The number of thiocarbonyl (C=S) groups is 1. The molecule has 1 N–H and O–H groups in total. The predicted octanol–water partition coefficient (Wildman–Crippen LogP) is 5.44. The van der Waals surface area contributed by atoms with Gasteiger partial charge in [-0.15, -0.1) is 0 Å². The fourth-order valence-electron chi connectivity index (χ4n) is 4.77. The monoisotopic (exact) mass is 466 g/mol. The average Bonchev–Trinajstić information content (AvgIpc) is 3.38. The first kappa shape index (κ1) is 22.6. The van der Waals surface area contributed by atoms with Gasteiger partial charge in [0.1, 0.15) is 4.32 Å². The van der Waals surface area contributed by atoms with Crippen LogP contribution in [0, 0.1) is 0 Å². The number of hydrogen-bond acceptors (Lipinski definition) is 5. The highest BCUT2D eigenvalue weighted by Gasteiger charge is 2.41. The van der Waals surface area contributed by atoms with Gasteiger partial charge in [-0.25, -0.2) is 0 Å². The third-order valence-electron chi connectivity index (χ3n) is 6.18. The molecule has 4 rings (SSSR count). The Labute approximate surface area is 198 Å². The van der Waals surface area contributed by atoms with Crippen LogP contribution in [0.5, 0.6) is 0 Å². The maximum absolute atomic E-state index is 12.7. The van der Waals surface area contributed by atoms with Gasteiger partial charge < -0.3 is 10.0 Å². The number of benzene rings is 2. The average molecular weight is 467 g/mol. The Morgan fingerprint density at radius 1 is 1.22 bits per heavy atom. The van der Waals surface area contributed by atoms with Crippen LogP contribution >= 0.6 is 24.0 Å². The zero-order chi connectivity index (χ0) is 22.7. The molecule has 1 fully saturated rings. The van der Waals surface area contributed by atoms with Crippen LogP contribution in [-0.4, -0.2) is 45.0 Å². The fraction of sp³-hybridized carbons (Fsp3) is 0.320. The Kier molecular flexibility index (Phi) is 6.96. The van der Waals surface area contributed by atoms with Gasteiger partial charge in [0, 0.05) is 36.0 Å². The molecule has 0 radical (unpaired) electrons. The molecule has 1 saturated carbocycles. The number of para-hydroxylation sites is 1. The number of nitrogens with zero attached hydrogens (tertiary/aromatic N) is 2. The molecule has 2 aliphatic rings. The van der Waals surface area contributed by atoms with Crippen molar-refractivity contribution in [2.45, 2.75) is 37.6 Å². The number of thioether (sulfide) groups is 1. The van der Waals surface area contributed by atoms with Gasteiger partial charge in [0.25, 0.3) is 5.91 Å². The number of hydrogen-bond donors (Lipinski definition) is 1. The molecular formula is C25H26N2O3S2. The number of amides is 1. The fourth-order valence-corrected chi connectivity index (χ4v) is 5.35. The molecule has 1 amide bonds. The zero-order valence-electron chi connectivity index (χ0n) is 17.9. The smallest absolute Gasteiger partial charge is 0.305 e. The first-order chi connectivity index (χ1) is 15.5. The van der Waals surface area contributed by atoms with Crippen LogP contribution < -0.4 is 4.90 Å². The largest absolute Gasteiger partial charge is 0.481 e. The van der Waals surface area contributed by atoms with Crippen LogP contribution in [0.2, 0.25) is 0 Å². The van der Waals surface area contributed by atoms with E-state index in [0.29, 0.717) is 16.3 Å². The van der Waals surface area contributed by atoms with E-state index >= 15 is 0 Å². The van der Waals surface area contributed by atoms with E-state index in [4.69, 9.17) is 17.3 Å². The first-order valence-electron chi connectivity index (χ1n) is 10.8. The molecule has 2 unspecified atom stereocenters. The highest BCUT2D eigenvalue weighted by Crippen LogP contribution is 2.52. The third-order valence-corrected chi connectivity index (χ3v) is 7.47. The summed E-state index contributed by atoms with van der Waals surface area (Å²) in [6.45, 7) is 0.0676. The van der Waals surface area contributed by atoms with Crippen molar-refractivity contribution in [2.75, 3.05) is 17.7 Å². The summed E-state index contributed by atoms with van der Waals surface area (Å²) in [5, 5.41) is 8.96. The van der Waals surface area contributed by atoms with E-state index in [-0.39, 0.29) is 18.9 Å². The van der Waals surface area contributed by atoms with Crippen LogP contribution in [0.1, 0.15) is 42.7 Å². The molecule has 0 aromatic heterocycles. The lowest BCUT2D eigenvalue weighted by Gasteiger charge is -2.27. The Hall–Kier alpha value is -2.64. The van der Waals surface area contributed by atoms with Crippen molar-refractivity contribution in [3.05, 3.63) is 65.7 Å². The molecule has 7 heteroatoms. The highest BCUT2D eigenvalue weighted by atomic mass is 32.2. The minimum atomic E-state index is -0.955. The van der Waals surface area contributed by atoms with Crippen molar-refractivity contribution < 1.29 is 14.7 Å². The van der Waals surface area contributed by atoms with E-state index in [1.165, 1.54) is 58.9 Å². The molecule has 1 heterocycles. The summed E-state index contributed by atoms with van der Waals surface area (Å²) in [7, 11) is 0. The molecule has 0 saturated heterocycles. The van der Waals surface area contributed by atoms with Gasteiger partial charge in [-0.1, -0.05) is 54.7 Å². The van der Waals surface area contributed by atoms with Crippen molar-refractivity contribution in [3.63, 3.8) is 0 Å². The number of carboxylic acids is 1. The van der Waals surface area contributed by atoms with Gasteiger partial charge in [-0.2, -0.15) is 0 Å². The lowest BCUT2D eigenvalue weighted by atomic mass is 9.96. The molecule has 0 bridgehead atoms. The summed E-state index contributed by atoms with van der Waals surface area (Å²) in [6.07, 6.45) is 8.51. The topological polar surface area (TPSA) is 60.9 Å². The van der Waals surface area contributed by atoms with Gasteiger partial charge in [0.2, 0.25) is 0 Å². The zero-order valence-corrected chi connectivity index (χ0v) is 19.6. The van der Waals surface area contributed by atoms with Crippen molar-refractivity contribution >= 4 is 57.6 Å². The molecule has 2 aromatic rings. The van der Waals surface area contributed by atoms with Crippen LogP contribution in [0.15, 0.2) is 54.6 Å². The van der Waals surface area contributed by atoms with E-state index in [1.54, 1.807) is 12.3 Å². The minimum Gasteiger partial charge on any atom is -0.481 e. The summed E-state index contributed by atoms with van der Waals surface area (Å²) < 4.78 is 0.377. The van der Waals surface area contributed by atoms with Crippen LogP contribution in [0.3, 0.4) is 0 Å². The van der Waals surface area contributed by atoms with E-state index in [0.717, 1.165) is 5.56 Å². The quantitative estimate of drug-likeness (QED) is 0.452. The summed E-state index contributed by atoms with van der Waals surface area (Å²) >= 11 is 6.51. The van der Waals surface area contributed by atoms with Gasteiger partial charge in [0.15, 0.2) is 0 Å². The van der Waals surface area contributed by atoms with Crippen molar-refractivity contribution in [1.82, 2.24) is 4.90 Å². The maximum atomic E-state index is 12.7. The second-order valence-electron chi connectivity index (χ2n) is 8.07. The van der Waals surface area contributed by atoms with Crippen molar-refractivity contribution in [2.24, 2.45) is 0 Å². The Morgan fingerprint density at radius 3 is 2.72 bits per heavy atom. The molecule has 2 aromatic carbocycles. The second kappa shape index (κ2) is 9.88. The standard InChI is InChI=1S/C25H26N2O3S2/c1-32-25(31)26(15-14-24(29)30)23(28)13-11-17-10-12-22-20(16-17)19-8-5-9-21(19)27(22)18-6-3-2-4-7-18/h2-4,6-7,10-13,16,19,21H,5,8-9,14-15H2,1H3,(H,29,30)/b13-11+. The van der Waals surface area contributed by atoms with E-state index in [9.17, 15) is 9.59 Å². The van der Waals surface area contributed by atoms with Crippen molar-refractivity contribution in [1.29, 1.82) is 0 Å². The molecule has 2 atom stereocenters. The van der Waals surface area contributed by atoms with Gasteiger partial charge in [-0.05, 0) is 60.6 Å². The SMILES string of the molecule is CSC(=S)N(CCC(=O)O)C(=O)/C=C/c1ccc2c(c1)C1CCCC1N2c1ccccc1. The summed E-state index contributed by atoms with van der Waals surface area (Å²) in [5.74, 6) is -0.746. The number of fused-ring (bicyclic) bond motifs is 3. The molecule has 166 valence electrons. The second-order valence-corrected chi connectivity index (χ2v) is 9.51. The third kappa shape index (κ3) is 4.59. The lowest BCUT2D eigenvalue weighted by Crippen LogP contribution is -2.34. The number of carbonyl (C=O) groups is 2. The number of carbonyl (C=O) groups excluding carboxylic acids is 1. The molecule has 0 spiro atoms. The van der Waals surface area contributed by atoms with Gasteiger partial charge in [-0.3, -0.25) is 14.5 Å². The Balaban J connectivity index is 1.57. The summed E-state index contributed by atoms with van der Waals surface area (Å²) in [6, 6.07) is 17.4. The Bertz CT molecular complexity index is 1050.